The summed E-state index contributed by atoms with van der Waals surface area (Å²) >= 11 is 1.56. The average molecular weight is 450 g/mol. The lowest BCUT2D eigenvalue weighted by Crippen LogP contribution is -2.55. The Kier molecular flexibility index (Phi) is 5.51. The zero-order valence-electron chi connectivity index (χ0n) is 19.2. The number of fused-ring (bicyclic) bond motifs is 1. The number of thiophene rings is 1. The van der Waals surface area contributed by atoms with Crippen LogP contribution in [-0.4, -0.2) is 42.1 Å². The van der Waals surface area contributed by atoms with Crippen molar-refractivity contribution in [1.29, 1.82) is 5.26 Å². The van der Waals surface area contributed by atoms with E-state index in [1.165, 1.54) is 29.5 Å². The number of nitriles is 1. The lowest BCUT2D eigenvalue weighted by atomic mass is 9.84. The number of rotatable bonds is 4. The molecule has 0 bridgehead atoms. The maximum absolute atomic E-state index is 13.1. The molecular formula is C26H31N3O2S. The van der Waals surface area contributed by atoms with Crippen molar-refractivity contribution >= 4 is 22.9 Å². The van der Waals surface area contributed by atoms with E-state index in [9.17, 15) is 10.1 Å². The molecule has 2 aliphatic heterocycles. The Hall–Kier alpha value is -2.36. The second kappa shape index (κ2) is 8.20. The molecule has 0 N–H and O–H groups in total. The second-order valence-corrected chi connectivity index (χ2v) is 10.7. The van der Waals surface area contributed by atoms with Crippen LogP contribution in [0.5, 0.6) is 0 Å². The van der Waals surface area contributed by atoms with Gasteiger partial charge in [0.15, 0.2) is 0 Å². The highest BCUT2D eigenvalue weighted by Crippen LogP contribution is 2.47. The third-order valence-corrected chi connectivity index (χ3v) is 7.91. The van der Waals surface area contributed by atoms with E-state index in [1.54, 1.807) is 11.3 Å². The Balaban J connectivity index is 1.49. The molecule has 1 amide bonds. The summed E-state index contributed by atoms with van der Waals surface area (Å²) in [4.78, 5) is 17.4. The number of nitrogens with zero attached hydrogens (tertiary/aromatic N) is 3. The first-order valence-corrected chi connectivity index (χ1v) is 12.7. The summed E-state index contributed by atoms with van der Waals surface area (Å²) in [5.74, 6) is 0.727. The van der Waals surface area contributed by atoms with E-state index in [4.69, 9.17) is 4.74 Å². The van der Waals surface area contributed by atoms with Crippen LogP contribution < -0.4 is 4.90 Å². The van der Waals surface area contributed by atoms with Gasteiger partial charge in [0.25, 0.3) is 5.91 Å². The third-order valence-electron chi connectivity index (χ3n) is 7.23. The molecule has 3 heterocycles. The minimum Gasteiger partial charge on any atom is -0.371 e. The molecule has 1 atom stereocenters. The molecule has 1 saturated heterocycles. The SMILES string of the molecule is CCC1CN(c2cc(C3CC3)c3c(c2C#N)CC(C)(C)OC3)CCN1C(=O)c1ccsc1. The van der Waals surface area contributed by atoms with Gasteiger partial charge in [-0.25, -0.2) is 0 Å². The number of hydrogen-bond donors (Lipinski definition) is 0. The van der Waals surface area contributed by atoms with Gasteiger partial charge >= 0.3 is 0 Å². The summed E-state index contributed by atoms with van der Waals surface area (Å²) in [6.45, 7) is 9.18. The van der Waals surface area contributed by atoms with Gasteiger partial charge in [-0.1, -0.05) is 6.92 Å². The van der Waals surface area contributed by atoms with Crippen LogP contribution in [0.2, 0.25) is 0 Å². The average Bonchev–Trinajstić information content (AvgIpc) is 3.49. The van der Waals surface area contributed by atoms with Gasteiger partial charge in [0.2, 0.25) is 0 Å². The summed E-state index contributed by atoms with van der Waals surface area (Å²) in [5.41, 5.74) is 6.23. The Morgan fingerprint density at radius 1 is 1.31 bits per heavy atom. The highest BCUT2D eigenvalue weighted by atomic mass is 32.1. The van der Waals surface area contributed by atoms with Gasteiger partial charge in [-0.3, -0.25) is 4.79 Å². The largest absolute Gasteiger partial charge is 0.371 e. The van der Waals surface area contributed by atoms with Crippen LogP contribution in [-0.2, 0) is 17.8 Å². The van der Waals surface area contributed by atoms with Gasteiger partial charge in [-0.05, 0) is 73.2 Å². The first-order chi connectivity index (χ1) is 15.4. The monoisotopic (exact) mass is 449 g/mol. The van der Waals surface area contributed by atoms with Crippen LogP contribution in [0.1, 0.15) is 78.6 Å². The molecule has 1 aromatic carbocycles. The maximum atomic E-state index is 13.1. The van der Waals surface area contributed by atoms with Gasteiger partial charge in [-0.2, -0.15) is 16.6 Å². The highest BCUT2D eigenvalue weighted by Gasteiger charge is 2.37. The molecule has 1 aromatic heterocycles. The van der Waals surface area contributed by atoms with E-state index in [-0.39, 0.29) is 17.6 Å². The van der Waals surface area contributed by atoms with Crippen molar-refractivity contribution in [3.05, 3.63) is 50.7 Å². The fourth-order valence-corrected chi connectivity index (χ4v) is 5.90. The van der Waals surface area contributed by atoms with Crippen LogP contribution in [0, 0.1) is 11.3 Å². The zero-order chi connectivity index (χ0) is 22.5. The minimum atomic E-state index is -0.254. The number of carbonyl (C=O) groups is 1. The van der Waals surface area contributed by atoms with Crippen LogP contribution in [0.15, 0.2) is 22.9 Å². The molecule has 1 unspecified atom stereocenters. The Labute approximate surface area is 194 Å². The number of ether oxygens (including phenoxy) is 1. The van der Waals surface area contributed by atoms with Gasteiger partial charge in [0.05, 0.1) is 29.0 Å². The van der Waals surface area contributed by atoms with E-state index < -0.39 is 0 Å². The van der Waals surface area contributed by atoms with Gasteiger partial charge in [0, 0.05) is 37.5 Å². The first kappa shape index (κ1) is 21.5. The van der Waals surface area contributed by atoms with Crippen molar-refractivity contribution in [2.24, 2.45) is 0 Å². The van der Waals surface area contributed by atoms with Gasteiger partial charge in [0.1, 0.15) is 6.07 Å². The van der Waals surface area contributed by atoms with E-state index in [0.29, 0.717) is 19.1 Å². The summed E-state index contributed by atoms with van der Waals surface area (Å²) in [6.07, 6.45) is 4.12. The molecule has 0 spiro atoms. The lowest BCUT2D eigenvalue weighted by molar-refractivity contribution is -0.0405. The molecule has 2 fully saturated rings. The fraction of sp³-hybridized carbons (Fsp3) is 0.538. The number of anilines is 1. The quantitative estimate of drug-likeness (QED) is 0.652. The first-order valence-electron chi connectivity index (χ1n) is 11.7. The predicted octanol–water partition coefficient (Wildman–Crippen LogP) is 5.09. The normalized spacial score (nSPS) is 22.4. The lowest BCUT2D eigenvalue weighted by Gasteiger charge is -2.43. The number of benzene rings is 1. The highest BCUT2D eigenvalue weighted by molar-refractivity contribution is 7.08. The number of carbonyl (C=O) groups excluding carboxylic acids is 1. The maximum Gasteiger partial charge on any atom is 0.255 e. The van der Waals surface area contributed by atoms with E-state index in [2.05, 4.69) is 37.8 Å². The molecule has 1 aliphatic carbocycles. The Morgan fingerprint density at radius 2 is 2.12 bits per heavy atom. The van der Waals surface area contributed by atoms with E-state index in [1.807, 2.05) is 21.7 Å². The van der Waals surface area contributed by atoms with Gasteiger partial charge in [-0.15, -0.1) is 0 Å². The van der Waals surface area contributed by atoms with Crippen LogP contribution >= 0.6 is 11.3 Å². The number of hydrogen-bond acceptors (Lipinski definition) is 5. The molecule has 168 valence electrons. The van der Waals surface area contributed by atoms with Crippen molar-refractivity contribution in [3.8, 4) is 6.07 Å². The second-order valence-electron chi connectivity index (χ2n) is 9.95. The van der Waals surface area contributed by atoms with E-state index >= 15 is 0 Å². The van der Waals surface area contributed by atoms with Crippen molar-refractivity contribution in [3.63, 3.8) is 0 Å². The summed E-state index contributed by atoms with van der Waals surface area (Å²) in [5, 5.41) is 14.1. The molecule has 5 rings (SSSR count). The molecule has 5 nitrogen and oxygen atoms in total. The van der Waals surface area contributed by atoms with Crippen LogP contribution in [0.3, 0.4) is 0 Å². The van der Waals surface area contributed by atoms with Crippen LogP contribution in [0.25, 0.3) is 0 Å². The molecular weight excluding hydrogens is 418 g/mol. The zero-order valence-corrected chi connectivity index (χ0v) is 20.0. The summed E-state index contributed by atoms with van der Waals surface area (Å²) in [6, 6.07) is 6.89. The van der Waals surface area contributed by atoms with Crippen molar-refractivity contribution < 1.29 is 9.53 Å². The molecule has 32 heavy (non-hydrogen) atoms. The Morgan fingerprint density at radius 3 is 2.78 bits per heavy atom. The number of amides is 1. The van der Waals surface area contributed by atoms with Crippen LogP contribution in [0.4, 0.5) is 5.69 Å². The van der Waals surface area contributed by atoms with Crippen molar-refractivity contribution in [2.45, 2.75) is 70.6 Å². The summed E-state index contributed by atoms with van der Waals surface area (Å²) in [7, 11) is 0. The number of piperazine rings is 1. The van der Waals surface area contributed by atoms with Crippen molar-refractivity contribution in [1.82, 2.24) is 4.90 Å². The van der Waals surface area contributed by atoms with E-state index in [0.717, 1.165) is 42.7 Å². The molecule has 2 aromatic rings. The fourth-order valence-electron chi connectivity index (χ4n) is 5.27. The molecule has 0 radical (unpaired) electrons. The molecule has 6 heteroatoms. The topological polar surface area (TPSA) is 56.6 Å². The molecule has 1 saturated carbocycles. The van der Waals surface area contributed by atoms with Gasteiger partial charge < -0.3 is 14.5 Å². The molecule has 3 aliphatic rings. The summed E-state index contributed by atoms with van der Waals surface area (Å²) < 4.78 is 6.14. The third kappa shape index (κ3) is 3.82. The van der Waals surface area contributed by atoms with Crippen molar-refractivity contribution in [2.75, 3.05) is 24.5 Å². The Bertz CT molecular complexity index is 1070. The predicted molar refractivity (Wildman–Crippen MR) is 127 cm³/mol. The minimum absolute atomic E-state index is 0.126. The standard InChI is InChI=1S/C26H31N3O2S/c1-4-19-14-28(8-9-29(19)25(30)18-7-10-32-16-18)24-11-20(17-5-6-17)23-15-31-26(2,3)12-21(23)22(24)13-27/h7,10-11,16-17,19H,4-6,8-9,12,14-15H2,1-3H3. The smallest absolute Gasteiger partial charge is 0.255 e.